The zero-order valence-electron chi connectivity index (χ0n) is 17.6. The first-order chi connectivity index (χ1) is 14.9. The van der Waals surface area contributed by atoms with E-state index in [9.17, 15) is 9.18 Å². The number of aromatic nitrogens is 1. The summed E-state index contributed by atoms with van der Waals surface area (Å²) in [5, 5.41) is 0. The lowest BCUT2D eigenvalue weighted by Crippen LogP contribution is -2.54. The summed E-state index contributed by atoms with van der Waals surface area (Å²) in [6, 6.07) is 9.92. The SMILES string of the molecule is CN1C(=O)[C@H](c2ccc(C3CC3)cc2)[C@@](C)(C2=CC(c3cncc(F)c3)CS2)N=C1N. The fourth-order valence-electron chi connectivity index (χ4n) is 4.56. The van der Waals surface area contributed by atoms with Gasteiger partial charge in [-0.05, 0) is 48.4 Å². The number of rotatable bonds is 4. The fourth-order valence-corrected chi connectivity index (χ4v) is 5.93. The molecule has 2 N–H and O–H groups in total. The van der Waals surface area contributed by atoms with E-state index in [1.165, 1.54) is 35.6 Å². The molecule has 5 rings (SSSR count). The smallest absolute Gasteiger partial charge is 0.239 e. The Morgan fingerprint density at radius 3 is 2.55 bits per heavy atom. The first kappa shape index (κ1) is 20.2. The van der Waals surface area contributed by atoms with Crippen molar-refractivity contribution in [2.75, 3.05) is 12.8 Å². The van der Waals surface area contributed by atoms with Crippen LogP contribution in [0.5, 0.6) is 0 Å². The molecule has 1 aliphatic carbocycles. The molecule has 1 fully saturated rings. The maximum atomic E-state index is 13.7. The highest BCUT2D eigenvalue weighted by Crippen LogP contribution is 2.50. The van der Waals surface area contributed by atoms with E-state index in [2.05, 4.69) is 35.3 Å². The van der Waals surface area contributed by atoms with Crippen LogP contribution in [0.3, 0.4) is 0 Å². The summed E-state index contributed by atoms with van der Waals surface area (Å²) in [5.74, 6) is 0.768. The van der Waals surface area contributed by atoms with Crippen LogP contribution < -0.4 is 5.73 Å². The number of allylic oxidation sites excluding steroid dienone is 1. The van der Waals surface area contributed by atoms with Crippen LogP contribution in [0.4, 0.5) is 4.39 Å². The largest absolute Gasteiger partial charge is 0.369 e. The van der Waals surface area contributed by atoms with Crippen LogP contribution in [-0.2, 0) is 4.79 Å². The first-order valence-corrected chi connectivity index (χ1v) is 11.5. The van der Waals surface area contributed by atoms with Crippen LogP contribution in [0.2, 0.25) is 0 Å². The van der Waals surface area contributed by atoms with E-state index in [4.69, 9.17) is 10.7 Å². The molecule has 1 unspecified atom stereocenters. The normalized spacial score (nSPS) is 28.5. The standard InChI is InChI=1S/C24H25FN4OS/c1-24(20-10-18(13-31-20)17-9-19(25)12-27-11-17)21(22(30)29(2)23(26)28-24)16-7-5-15(6-8-16)14-3-4-14/h5-12,14,18,21H,3-4,13H2,1-2H3,(H2,26,28)/t18?,21-,24+/m0/s1. The zero-order chi connectivity index (χ0) is 21.8. The average molecular weight is 437 g/mol. The molecule has 160 valence electrons. The molecule has 2 aliphatic heterocycles. The highest BCUT2D eigenvalue weighted by Gasteiger charge is 2.49. The first-order valence-electron chi connectivity index (χ1n) is 10.5. The highest BCUT2D eigenvalue weighted by molar-refractivity contribution is 8.03. The van der Waals surface area contributed by atoms with E-state index in [1.807, 2.05) is 6.92 Å². The van der Waals surface area contributed by atoms with Gasteiger partial charge in [-0.2, -0.15) is 0 Å². The van der Waals surface area contributed by atoms with Crippen LogP contribution in [0, 0.1) is 5.82 Å². The van der Waals surface area contributed by atoms with Crippen molar-refractivity contribution in [3.05, 3.63) is 76.2 Å². The summed E-state index contributed by atoms with van der Waals surface area (Å²) in [5.41, 5.74) is 8.44. The molecule has 3 atom stereocenters. The van der Waals surface area contributed by atoms with E-state index in [1.54, 1.807) is 25.0 Å². The summed E-state index contributed by atoms with van der Waals surface area (Å²) in [6.07, 6.45) is 7.48. The van der Waals surface area contributed by atoms with Crippen LogP contribution in [0.1, 0.15) is 54.2 Å². The quantitative estimate of drug-likeness (QED) is 0.782. The Morgan fingerprint density at radius 2 is 1.87 bits per heavy atom. The number of carbonyl (C=O) groups excluding carboxylic acids is 1. The molecule has 0 spiro atoms. The number of thioether (sulfide) groups is 1. The van der Waals surface area contributed by atoms with Gasteiger partial charge in [0.2, 0.25) is 5.91 Å². The third kappa shape index (κ3) is 3.55. The van der Waals surface area contributed by atoms with Gasteiger partial charge >= 0.3 is 0 Å². The molecular weight excluding hydrogens is 411 g/mol. The second-order valence-electron chi connectivity index (χ2n) is 8.77. The summed E-state index contributed by atoms with van der Waals surface area (Å²) >= 11 is 1.66. The number of carbonyl (C=O) groups is 1. The molecule has 31 heavy (non-hydrogen) atoms. The number of aliphatic imine (C=N–C) groups is 1. The van der Waals surface area contributed by atoms with Gasteiger partial charge in [-0.3, -0.25) is 14.7 Å². The lowest BCUT2D eigenvalue weighted by molar-refractivity contribution is -0.129. The molecule has 5 nitrogen and oxygen atoms in total. The highest BCUT2D eigenvalue weighted by atomic mass is 32.2. The summed E-state index contributed by atoms with van der Waals surface area (Å²) in [4.78, 5) is 24.6. The Hall–Kier alpha value is -2.67. The van der Waals surface area contributed by atoms with Crippen LogP contribution >= 0.6 is 11.8 Å². The van der Waals surface area contributed by atoms with E-state index in [0.717, 1.165) is 21.8 Å². The van der Waals surface area contributed by atoms with E-state index < -0.39 is 11.5 Å². The van der Waals surface area contributed by atoms with E-state index in [-0.39, 0.29) is 23.6 Å². The van der Waals surface area contributed by atoms with Crippen molar-refractivity contribution in [2.45, 2.75) is 43.1 Å². The van der Waals surface area contributed by atoms with Gasteiger partial charge in [0.25, 0.3) is 0 Å². The Kier molecular flexibility index (Phi) is 4.88. The van der Waals surface area contributed by atoms with Gasteiger partial charge in [0.1, 0.15) is 11.4 Å². The van der Waals surface area contributed by atoms with Gasteiger partial charge in [-0.15, -0.1) is 11.8 Å². The minimum Gasteiger partial charge on any atom is -0.369 e. The molecule has 0 radical (unpaired) electrons. The molecule has 0 saturated heterocycles. The van der Waals surface area contributed by atoms with Gasteiger partial charge in [0.05, 0.1) is 12.1 Å². The minimum absolute atomic E-state index is 0.0177. The molecule has 0 bridgehead atoms. The van der Waals surface area contributed by atoms with Crippen LogP contribution in [0.25, 0.3) is 0 Å². The molecule has 3 heterocycles. The number of pyridine rings is 1. The molecule has 1 aromatic heterocycles. The number of nitrogens with two attached hydrogens (primary N) is 1. The Balaban J connectivity index is 1.54. The van der Waals surface area contributed by atoms with Crippen molar-refractivity contribution in [1.82, 2.24) is 9.88 Å². The molecule has 3 aliphatic rings. The lowest BCUT2D eigenvalue weighted by atomic mass is 9.77. The average Bonchev–Trinajstić information content (AvgIpc) is 3.48. The number of hydrogen-bond donors (Lipinski definition) is 1. The number of likely N-dealkylation sites (N-methyl/N-ethyl adjacent to an activating group) is 1. The number of amides is 1. The van der Waals surface area contributed by atoms with Gasteiger partial charge in [0, 0.05) is 29.8 Å². The Bertz CT molecular complexity index is 1100. The summed E-state index contributed by atoms with van der Waals surface area (Å²) in [6.45, 7) is 1.98. The number of benzene rings is 1. The monoisotopic (exact) mass is 436 g/mol. The van der Waals surface area contributed by atoms with Crippen molar-refractivity contribution in [3.8, 4) is 0 Å². The lowest BCUT2D eigenvalue weighted by Gasteiger charge is -2.41. The number of nitrogens with zero attached hydrogens (tertiary/aromatic N) is 3. The fraction of sp³-hybridized carbons (Fsp3) is 0.375. The van der Waals surface area contributed by atoms with E-state index in [0.29, 0.717) is 5.92 Å². The number of hydrogen-bond acceptors (Lipinski definition) is 5. The second-order valence-corrected chi connectivity index (χ2v) is 9.84. The predicted octanol–water partition coefficient (Wildman–Crippen LogP) is 4.14. The van der Waals surface area contributed by atoms with Crippen molar-refractivity contribution < 1.29 is 9.18 Å². The molecule has 1 aromatic carbocycles. The predicted molar refractivity (Wildman–Crippen MR) is 121 cm³/mol. The molecule has 1 saturated carbocycles. The third-order valence-electron chi connectivity index (χ3n) is 6.57. The molecular formula is C24H25FN4OS. The van der Waals surface area contributed by atoms with Crippen molar-refractivity contribution in [1.29, 1.82) is 0 Å². The Morgan fingerprint density at radius 1 is 1.16 bits per heavy atom. The van der Waals surface area contributed by atoms with Gasteiger partial charge in [-0.1, -0.05) is 30.3 Å². The maximum Gasteiger partial charge on any atom is 0.239 e. The Labute approximate surface area is 185 Å². The number of halogens is 1. The zero-order valence-corrected chi connectivity index (χ0v) is 18.4. The van der Waals surface area contributed by atoms with Crippen molar-refractivity contribution in [2.24, 2.45) is 10.7 Å². The summed E-state index contributed by atoms with van der Waals surface area (Å²) < 4.78 is 13.7. The van der Waals surface area contributed by atoms with Crippen LogP contribution in [0.15, 0.2) is 58.7 Å². The molecule has 1 amide bonds. The number of guanidine groups is 1. The maximum absolute atomic E-state index is 13.7. The van der Waals surface area contributed by atoms with Gasteiger partial charge in [-0.25, -0.2) is 9.38 Å². The van der Waals surface area contributed by atoms with Crippen molar-refractivity contribution in [3.63, 3.8) is 0 Å². The summed E-state index contributed by atoms with van der Waals surface area (Å²) in [7, 11) is 1.67. The molecule has 7 heteroatoms. The van der Waals surface area contributed by atoms with E-state index >= 15 is 0 Å². The van der Waals surface area contributed by atoms with Crippen molar-refractivity contribution >= 4 is 23.6 Å². The van der Waals surface area contributed by atoms with Gasteiger partial charge in [0.15, 0.2) is 5.96 Å². The topological polar surface area (TPSA) is 71.6 Å². The minimum atomic E-state index is -0.811. The van der Waals surface area contributed by atoms with Gasteiger partial charge < -0.3 is 5.73 Å². The van der Waals surface area contributed by atoms with Crippen LogP contribution in [-0.4, -0.2) is 40.1 Å². The second kappa shape index (κ2) is 7.48. The third-order valence-corrected chi connectivity index (χ3v) is 7.96. The molecule has 2 aromatic rings.